The van der Waals surface area contributed by atoms with Crippen molar-refractivity contribution in [1.82, 2.24) is 0 Å². The second-order valence-corrected chi connectivity index (χ2v) is 18.5. The molecule has 0 aliphatic heterocycles. The van der Waals surface area contributed by atoms with Crippen LogP contribution in [0.2, 0.25) is 0 Å². The van der Waals surface area contributed by atoms with Crippen molar-refractivity contribution >= 4 is 17.9 Å². The standard InChI is InChI=1S/C62H104O6/c1-4-7-10-13-16-19-22-25-27-28-29-30-31-32-33-34-35-38-40-43-46-49-52-55-61(64)67-58-59(57-66-60(63)54-51-48-45-42-39-36-24-21-18-15-12-9-6-3)68-62(65)56-53-50-47-44-41-37-26-23-20-17-14-11-8-5-2/h9,12,14,17-18,21-23,25-26,28-29,31-32,36,39,59H,4-8,10-11,13,15-16,19-20,24,27,30,33-35,37-38,40-58H2,1-3H3/b12-9-,17-14-,21-18-,25-22-,26-23-,29-28-,32-31-,39-36-. The Labute approximate surface area is 419 Å². The summed E-state index contributed by atoms with van der Waals surface area (Å²) in [6.45, 7) is 6.43. The highest BCUT2D eigenvalue weighted by atomic mass is 16.6. The minimum absolute atomic E-state index is 0.0975. The summed E-state index contributed by atoms with van der Waals surface area (Å²) < 4.78 is 16.8. The number of hydrogen-bond donors (Lipinski definition) is 0. The fourth-order valence-corrected chi connectivity index (χ4v) is 7.54. The summed E-state index contributed by atoms with van der Waals surface area (Å²) in [6.07, 6.45) is 74.0. The summed E-state index contributed by atoms with van der Waals surface area (Å²) in [5.41, 5.74) is 0. The van der Waals surface area contributed by atoms with Crippen LogP contribution in [0.4, 0.5) is 0 Å². The number of carbonyl (C=O) groups excluding carboxylic acids is 3. The summed E-state index contributed by atoms with van der Waals surface area (Å²) in [6, 6.07) is 0. The lowest BCUT2D eigenvalue weighted by atomic mass is 10.1. The van der Waals surface area contributed by atoms with E-state index in [0.29, 0.717) is 19.3 Å². The molecule has 0 fully saturated rings. The van der Waals surface area contributed by atoms with Crippen molar-refractivity contribution in [3.05, 3.63) is 97.2 Å². The number of rotatable bonds is 50. The van der Waals surface area contributed by atoms with E-state index in [1.807, 2.05) is 0 Å². The molecule has 0 rings (SSSR count). The lowest BCUT2D eigenvalue weighted by Gasteiger charge is -2.18. The molecule has 0 bridgehead atoms. The zero-order chi connectivity index (χ0) is 49.3. The maximum atomic E-state index is 12.8. The second kappa shape index (κ2) is 55.9. The van der Waals surface area contributed by atoms with Crippen LogP contribution in [0.25, 0.3) is 0 Å². The van der Waals surface area contributed by atoms with Crippen molar-refractivity contribution in [1.29, 1.82) is 0 Å². The molecular weight excluding hydrogens is 841 g/mol. The van der Waals surface area contributed by atoms with E-state index in [0.717, 1.165) is 128 Å². The number of carbonyl (C=O) groups is 3. The van der Waals surface area contributed by atoms with Gasteiger partial charge in [0.05, 0.1) is 0 Å². The van der Waals surface area contributed by atoms with Crippen LogP contribution in [0.3, 0.4) is 0 Å². The first-order valence-electron chi connectivity index (χ1n) is 28.2. The molecule has 6 nitrogen and oxygen atoms in total. The van der Waals surface area contributed by atoms with Gasteiger partial charge < -0.3 is 14.2 Å². The van der Waals surface area contributed by atoms with Gasteiger partial charge in [0.15, 0.2) is 6.10 Å². The Hall–Kier alpha value is -3.67. The monoisotopic (exact) mass is 945 g/mol. The molecule has 6 heteroatoms. The van der Waals surface area contributed by atoms with Gasteiger partial charge in [0, 0.05) is 19.3 Å². The molecule has 0 aliphatic rings. The van der Waals surface area contributed by atoms with Crippen molar-refractivity contribution in [3.63, 3.8) is 0 Å². The molecule has 1 atom stereocenters. The van der Waals surface area contributed by atoms with Crippen molar-refractivity contribution in [3.8, 4) is 0 Å². The van der Waals surface area contributed by atoms with Gasteiger partial charge in [-0.3, -0.25) is 14.4 Å². The number of hydrogen-bond acceptors (Lipinski definition) is 6. The molecule has 0 aromatic carbocycles. The van der Waals surface area contributed by atoms with Crippen LogP contribution in [0.1, 0.15) is 258 Å². The van der Waals surface area contributed by atoms with Gasteiger partial charge >= 0.3 is 17.9 Å². The Balaban J connectivity index is 4.38. The molecule has 68 heavy (non-hydrogen) atoms. The van der Waals surface area contributed by atoms with E-state index in [4.69, 9.17) is 14.2 Å². The minimum atomic E-state index is -0.801. The molecule has 388 valence electrons. The van der Waals surface area contributed by atoms with Gasteiger partial charge in [-0.15, -0.1) is 0 Å². The first-order valence-corrected chi connectivity index (χ1v) is 28.2. The minimum Gasteiger partial charge on any atom is -0.462 e. The number of esters is 3. The van der Waals surface area contributed by atoms with E-state index in [1.165, 1.54) is 89.9 Å². The number of ether oxygens (including phenoxy) is 3. The molecule has 1 unspecified atom stereocenters. The predicted octanol–water partition coefficient (Wildman–Crippen LogP) is 18.9. The summed E-state index contributed by atoms with van der Waals surface area (Å²) >= 11 is 0. The van der Waals surface area contributed by atoms with Gasteiger partial charge in [0.25, 0.3) is 0 Å². The summed E-state index contributed by atoms with van der Waals surface area (Å²) in [4.78, 5) is 38.1. The number of allylic oxidation sites excluding steroid dienone is 16. The quantitative estimate of drug-likeness (QED) is 0.0262. The molecule has 0 heterocycles. The molecule has 0 spiro atoms. The SMILES string of the molecule is CC/C=C\C/C=C\C/C=C\CCCCCC(=O)OCC(COC(=O)CCCCCCCCCC/C=C\C/C=C\C/C=C\CCCCCCC)OC(=O)CCCCCCC/C=C\C/C=C\CCCC. The van der Waals surface area contributed by atoms with Crippen LogP contribution in [0.15, 0.2) is 97.2 Å². The third-order valence-corrected chi connectivity index (χ3v) is 11.8. The van der Waals surface area contributed by atoms with Crippen LogP contribution >= 0.6 is 0 Å². The first-order chi connectivity index (χ1) is 33.5. The molecule has 0 saturated carbocycles. The highest BCUT2D eigenvalue weighted by Crippen LogP contribution is 2.14. The van der Waals surface area contributed by atoms with Gasteiger partial charge in [0.2, 0.25) is 0 Å². The lowest BCUT2D eigenvalue weighted by Crippen LogP contribution is -2.30. The van der Waals surface area contributed by atoms with Crippen molar-refractivity contribution in [2.75, 3.05) is 13.2 Å². The summed E-state index contributed by atoms with van der Waals surface area (Å²) in [5, 5.41) is 0. The van der Waals surface area contributed by atoms with Crippen molar-refractivity contribution in [2.45, 2.75) is 264 Å². The Bertz CT molecular complexity index is 1360. The fourth-order valence-electron chi connectivity index (χ4n) is 7.54. The number of unbranched alkanes of at least 4 members (excludes halogenated alkanes) is 23. The smallest absolute Gasteiger partial charge is 0.306 e. The maximum absolute atomic E-state index is 12.8. The van der Waals surface area contributed by atoms with E-state index in [1.54, 1.807) is 0 Å². The van der Waals surface area contributed by atoms with Crippen molar-refractivity contribution < 1.29 is 28.6 Å². The highest BCUT2D eigenvalue weighted by Gasteiger charge is 2.19. The topological polar surface area (TPSA) is 78.9 Å². The van der Waals surface area contributed by atoms with E-state index in [-0.39, 0.29) is 31.1 Å². The van der Waals surface area contributed by atoms with Gasteiger partial charge in [-0.25, -0.2) is 0 Å². The molecule has 0 aromatic heterocycles. The predicted molar refractivity (Wildman–Crippen MR) is 293 cm³/mol. The Morgan fingerprint density at radius 2 is 0.588 bits per heavy atom. The first kappa shape index (κ1) is 64.3. The highest BCUT2D eigenvalue weighted by molar-refractivity contribution is 5.71. The lowest BCUT2D eigenvalue weighted by molar-refractivity contribution is -0.167. The molecule has 0 amide bonds. The van der Waals surface area contributed by atoms with Gasteiger partial charge in [-0.1, -0.05) is 221 Å². The molecule has 0 radical (unpaired) electrons. The normalized spacial score (nSPS) is 12.8. The Morgan fingerprint density at radius 1 is 0.309 bits per heavy atom. The van der Waals surface area contributed by atoms with E-state index < -0.39 is 6.10 Å². The Morgan fingerprint density at radius 3 is 0.956 bits per heavy atom. The maximum Gasteiger partial charge on any atom is 0.306 e. The summed E-state index contributed by atoms with van der Waals surface area (Å²) in [7, 11) is 0. The average molecular weight is 946 g/mol. The zero-order valence-corrected chi connectivity index (χ0v) is 44.3. The molecule has 0 saturated heterocycles. The van der Waals surface area contributed by atoms with Crippen molar-refractivity contribution in [2.24, 2.45) is 0 Å². The fraction of sp³-hybridized carbons (Fsp3) is 0.694. The van der Waals surface area contributed by atoms with Crippen LogP contribution in [0, 0.1) is 0 Å². The van der Waals surface area contributed by atoms with Gasteiger partial charge in [-0.2, -0.15) is 0 Å². The van der Waals surface area contributed by atoms with Gasteiger partial charge in [-0.05, 0) is 116 Å². The molecular formula is C62H104O6. The third-order valence-electron chi connectivity index (χ3n) is 11.8. The van der Waals surface area contributed by atoms with E-state index in [9.17, 15) is 14.4 Å². The average Bonchev–Trinajstić information content (AvgIpc) is 3.34. The van der Waals surface area contributed by atoms with Crippen LogP contribution in [0.5, 0.6) is 0 Å². The van der Waals surface area contributed by atoms with Crippen LogP contribution in [-0.4, -0.2) is 37.2 Å². The Kier molecular flexibility index (Phi) is 52.9. The molecule has 0 aromatic rings. The second-order valence-electron chi connectivity index (χ2n) is 18.5. The van der Waals surface area contributed by atoms with E-state index in [2.05, 4.69) is 118 Å². The van der Waals surface area contributed by atoms with Crippen LogP contribution < -0.4 is 0 Å². The molecule has 0 aliphatic carbocycles. The largest absolute Gasteiger partial charge is 0.462 e. The molecule has 0 N–H and O–H groups in total. The van der Waals surface area contributed by atoms with E-state index >= 15 is 0 Å². The van der Waals surface area contributed by atoms with Gasteiger partial charge in [0.1, 0.15) is 13.2 Å². The zero-order valence-electron chi connectivity index (χ0n) is 44.3. The third kappa shape index (κ3) is 53.3. The summed E-state index contributed by atoms with van der Waals surface area (Å²) in [5.74, 6) is -0.949. The van der Waals surface area contributed by atoms with Crippen LogP contribution in [-0.2, 0) is 28.6 Å².